The van der Waals surface area contributed by atoms with Crippen molar-refractivity contribution in [2.75, 3.05) is 59.4 Å². The number of alkyl halides is 7. The molecule has 1 rings (SSSR count). The zero-order valence-corrected chi connectivity index (χ0v) is 45.1. The lowest BCUT2D eigenvalue weighted by atomic mass is 9.91. The number of carbonyl (C=O) groups excluding carboxylic acids is 7. The molecular formula is C51H78F7NO16. The van der Waals surface area contributed by atoms with Gasteiger partial charge in [0, 0.05) is 11.6 Å². The summed E-state index contributed by atoms with van der Waals surface area (Å²) in [5, 5.41) is 2.38. The molecule has 1 aromatic carbocycles. The standard InChI is InChI=1S/C24H29F7O8.C14H23NO6.C13H26O2/c1-6-20(2,3)18(33)37-12-11-36-16-9-7-15(8-10-16)17(32)21(4,5)38-19(34)24(30,31)39-23(28,29)14-35-13-22(25,26)27;1-5-11(16)19-8-7-15-13(18)21-10-9-20-12(17)14(3,4)6-2;1-4-6-7-8-9-10-11-15-13(14)12(3)5-2/h7-10H,6,11-14H2,1-5H3;5H,1,6-10H2,2-4H3,(H,15,18);12H,4-11H2,1-3H3. The SMILES string of the molecule is C=CC(=O)OCCNC(=O)OCCOC(=O)C(C)(C)CC.CCC(C)(C)C(=O)OCCOc1ccc(C(=O)C(C)(C)OC(=O)C(F)(F)OC(F)(F)COCC(F)(F)F)cc1.CCCCCCCCOC(=O)C(C)CC. The molecule has 0 spiro atoms. The van der Waals surface area contributed by atoms with E-state index in [0.29, 0.717) is 19.4 Å². The molecule has 1 amide bonds. The van der Waals surface area contributed by atoms with Crippen molar-refractivity contribution in [3.8, 4) is 5.75 Å². The number of ether oxygens (including phenoxy) is 9. The molecule has 0 saturated heterocycles. The Hall–Kier alpha value is -5.52. The number of carbonyl (C=O) groups is 7. The molecule has 17 nitrogen and oxygen atoms in total. The Kier molecular flexibility index (Phi) is 34.0. The van der Waals surface area contributed by atoms with Crippen LogP contribution in [0.4, 0.5) is 35.5 Å². The number of Topliss-reactive ketones (excluding diaryl/α,β-unsaturated/α-hetero) is 1. The van der Waals surface area contributed by atoms with Crippen molar-refractivity contribution in [3.05, 3.63) is 42.5 Å². The van der Waals surface area contributed by atoms with Gasteiger partial charge in [-0.25, -0.2) is 19.1 Å². The topological polar surface area (TPSA) is 215 Å². The van der Waals surface area contributed by atoms with E-state index < -0.39 is 77.8 Å². The fraction of sp³-hybridized carbons (Fsp3) is 0.706. The zero-order chi connectivity index (χ0) is 58.1. The minimum atomic E-state index is -5.34. The average Bonchev–Trinajstić information content (AvgIpc) is 3.33. The van der Waals surface area contributed by atoms with Crippen LogP contribution in [0.3, 0.4) is 0 Å². The van der Waals surface area contributed by atoms with Crippen LogP contribution in [0.1, 0.15) is 144 Å². The fourth-order valence-corrected chi connectivity index (χ4v) is 4.95. The van der Waals surface area contributed by atoms with E-state index >= 15 is 0 Å². The van der Waals surface area contributed by atoms with E-state index in [-0.39, 0.29) is 68.7 Å². The molecule has 0 aliphatic carbocycles. The summed E-state index contributed by atoms with van der Waals surface area (Å²) in [6.07, 6.45) is -5.47. The third-order valence-electron chi connectivity index (χ3n) is 10.6. The van der Waals surface area contributed by atoms with Crippen molar-refractivity contribution in [1.29, 1.82) is 0 Å². The number of amides is 1. The Bertz CT molecular complexity index is 1890. The van der Waals surface area contributed by atoms with E-state index in [4.69, 9.17) is 23.7 Å². The summed E-state index contributed by atoms with van der Waals surface area (Å²) >= 11 is 0. The number of hydrogen-bond acceptors (Lipinski definition) is 16. The number of esters is 5. The Labute approximate surface area is 435 Å². The normalized spacial score (nSPS) is 12.2. The number of rotatable bonds is 33. The Morgan fingerprint density at radius 1 is 0.627 bits per heavy atom. The van der Waals surface area contributed by atoms with Gasteiger partial charge in [0.25, 0.3) is 0 Å². The third kappa shape index (κ3) is 33.2. The first-order chi connectivity index (χ1) is 34.7. The molecule has 75 heavy (non-hydrogen) atoms. The molecule has 1 atom stereocenters. The van der Waals surface area contributed by atoms with E-state index in [1.807, 2.05) is 27.7 Å². The Morgan fingerprint density at radius 3 is 1.65 bits per heavy atom. The summed E-state index contributed by atoms with van der Waals surface area (Å²) < 4.78 is 132. The van der Waals surface area contributed by atoms with Gasteiger partial charge in [0.05, 0.1) is 29.9 Å². The molecule has 0 radical (unpaired) electrons. The van der Waals surface area contributed by atoms with Gasteiger partial charge in [0.1, 0.15) is 52.0 Å². The van der Waals surface area contributed by atoms with Gasteiger partial charge in [-0.05, 0) is 91.5 Å². The summed E-state index contributed by atoms with van der Waals surface area (Å²) in [5.41, 5.74) is -3.63. The molecule has 1 unspecified atom stereocenters. The van der Waals surface area contributed by atoms with Gasteiger partial charge in [0.2, 0.25) is 5.78 Å². The average molecular weight is 1090 g/mol. The van der Waals surface area contributed by atoms with Gasteiger partial charge in [-0.1, -0.05) is 73.3 Å². The molecule has 432 valence electrons. The molecule has 1 aromatic rings. The lowest BCUT2D eigenvalue weighted by molar-refractivity contribution is -0.378. The Balaban J connectivity index is 0. The largest absolute Gasteiger partial charge is 0.490 e. The van der Waals surface area contributed by atoms with Crippen molar-refractivity contribution >= 4 is 41.7 Å². The number of benzene rings is 1. The smallest absolute Gasteiger partial charge is 0.460 e. The van der Waals surface area contributed by atoms with Crippen LogP contribution in [0.2, 0.25) is 0 Å². The van der Waals surface area contributed by atoms with Crippen molar-refractivity contribution in [1.82, 2.24) is 5.32 Å². The number of ketones is 1. The van der Waals surface area contributed by atoms with Crippen molar-refractivity contribution in [2.45, 2.75) is 158 Å². The van der Waals surface area contributed by atoms with Gasteiger partial charge < -0.3 is 43.2 Å². The maximum atomic E-state index is 13.9. The number of unbranched alkanes of at least 4 members (excludes halogenated alkanes) is 5. The number of nitrogens with one attached hydrogen (secondary N) is 1. The first kappa shape index (κ1) is 71.6. The lowest BCUT2D eigenvalue weighted by Crippen LogP contribution is -2.47. The highest BCUT2D eigenvalue weighted by molar-refractivity contribution is 6.03. The lowest BCUT2D eigenvalue weighted by Gasteiger charge is -2.27. The highest BCUT2D eigenvalue weighted by Crippen LogP contribution is 2.32. The van der Waals surface area contributed by atoms with Crippen LogP contribution in [0.25, 0.3) is 0 Å². The molecule has 0 fully saturated rings. The van der Waals surface area contributed by atoms with Crippen LogP contribution in [0.5, 0.6) is 5.75 Å². The first-order valence-electron chi connectivity index (χ1n) is 24.5. The minimum absolute atomic E-state index is 0.00112. The van der Waals surface area contributed by atoms with Crippen LogP contribution in [0, 0.1) is 16.7 Å². The van der Waals surface area contributed by atoms with Gasteiger partial charge in [-0.2, -0.15) is 30.7 Å². The fourth-order valence-electron chi connectivity index (χ4n) is 4.95. The van der Waals surface area contributed by atoms with Crippen LogP contribution in [0.15, 0.2) is 36.9 Å². The van der Waals surface area contributed by atoms with E-state index in [0.717, 1.165) is 32.8 Å². The Morgan fingerprint density at radius 2 is 1.15 bits per heavy atom. The second kappa shape index (κ2) is 35.7. The van der Waals surface area contributed by atoms with Gasteiger partial charge in [-0.3, -0.25) is 19.2 Å². The van der Waals surface area contributed by atoms with E-state index in [9.17, 15) is 64.3 Å². The predicted molar refractivity (Wildman–Crippen MR) is 259 cm³/mol. The van der Waals surface area contributed by atoms with Crippen LogP contribution in [-0.4, -0.2) is 125 Å². The van der Waals surface area contributed by atoms with Crippen molar-refractivity contribution in [3.63, 3.8) is 0 Å². The predicted octanol–water partition coefficient (Wildman–Crippen LogP) is 10.7. The summed E-state index contributed by atoms with van der Waals surface area (Å²) in [6, 6.07) is 5.06. The molecular weight excluding hydrogens is 1020 g/mol. The highest BCUT2D eigenvalue weighted by Gasteiger charge is 2.54. The van der Waals surface area contributed by atoms with Crippen LogP contribution in [-0.2, 0) is 61.9 Å². The summed E-state index contributed by atoms with van der Waals surface area (Å²) in [6.45, 7) is 18.2. The molecule has 24 heteroatoms. The van der Waals surface area contributed by atoms with Crippen LogP contribution >= 0.6 is 0 Å². The zero-order valence-electron chi connectivity index (χ0n) is 45.1. The number of halogens is 7. The molecule has 0 bridgehead atoms. The van der Waals surface area contributed by atoms with Crippen molar-refractivity contribution < 1.29 is 107 Å². The first-order valence-corrected chi connectivity index (χ1v) is 24.5. The number of alkyl carbamates (subject to hydrolysis) is 1. The number of hydrogen-bond donors (Lipinski definition) is 1. The maximum Gasteiger partial charge on any atom is 0.460 e. The quantitative estimate of drug-likeness (QED) is 0.0173. The molecule has 0 saturated carbocycles. The molecule has 0 aromatic heterocycles. The van der Waals surface area contributed by atoms with Gasteiger partial charge in [0.15, 0.2) is 5.60 Å². The highest BCUT2D eigenvalue weighted by atomic mass is 19.4. The van der Waals surface area contributed by atoms with Gasteiger partial charge in [-0.15, -0.1) is 0 Å². The second-order valence-corrected chi connectivity index (χ2v) is 18.4. The van der Waals surface area contributed by atoms with E-state index in [1.165, 1.54) is 56.4 Å². The van der Waals surface area contributed by atoms with E-state index in [2.05, 4.69) is 37.8 Å². The monoisotopic (exact) mass is 1090 g/mol. The summed E-state index contributed by atoms with van der Waals surface area (Å²) in [4.78, 5) is 81.2. The summed E-state index contributed by atoms with van der Waals surface area (Å²) in [5.74, 6) is -4.70. The minimum Gasteiger partial charge on any atom is -0.490 e. The maximum absolute atomic E-state index is 13.9. The summed E-state index contributed by atoms with van der Waals surface area (Å²) in [7, 11) is 0. The van der Waals surface area contributed by atoms with Gasteiger partial charge >= 0.3 is 54.3 Å². The molecule has 1 N–H and O–H groups in total. The molecule has 0 heterocycles. The van der Waals surface area contributed by atoms with Crippen molar-refractivity contribution in [2.24, 2.45) is 16.7 Å². The molecule has 0 aliphatic heterocycles. The third-order valence-corrected chi connectivity index (χ3v) is 10.6. The van der Waals surface area contributed by atoms with E-state index in [1.54, 1.807) is 27.7 Å². The van der Waals surface area contributed by atoms with Crippen LogP contribution < -0.4 is 10.1 Å². The molecule has 0 aliphatic rings. The second-order valence-electron chi connectivity index (χ2n) is 18.4.